The van der Waals surface area contributed by atoms with Gasteiger partial charge in [0, 0.05) is 18.5 Å². The highest BCUT2D eigenvalue weighted by atomic mass is 35.5. The number of hydrogen-bond acceptors (Lipinski definition) is 2. The minimum Gasteiger partial charge on any atom is -0.356 e. The van der Waals surface area contributed by atoms with E-state index >= 15 is 0 Å². The maximum absolute atomic E-state index is 13.5. The van der Waals surface area contributed by atoms with Crippen LogP contribution >= 0.6 is 12.4 Å². The molecule has 0 spiro atoms. The lowest BCUT2D eigenvalue weighted by atomic mass is 9.85. The Hall–Kier alpha value is -1.20. The van der Waals surface area contributed by atoms with E-state index in [2.05, 4.69) is 17.6 Å². The normalized spacial score (nSPS) is 18.8. The average Bonchev–Trinajstić information content (AvgIpc) is 2.51. The van der Waals surface area contributed by atoms with Crippen molar-refractivity contribution in [2.24, 2.45) is 11.8 Å². The van der Waals surface area contributed by atoms with Gasteiger partial charge in [-0.3, -0.25) is 4.79 Å². The van der Waals surface area contributed by atoms with Crippen molar-refractivity contribution in [2.45, 2.75) is 32.6 Å². The molecule has 1 heterocycles. The number of rotatable bonds is 6. The fourth-order valence-electron chi connectivity index (χ4n) is 2.99. The summed E-state index contributed by atoms with van der Waals surface area (Å²) in [6, 6.07) is 3.81. The van der Waals surface area contributed by atoms with E-state index in [1.807, 2.05) is 0 Å². The lowest BCUT2D eigenvalue weighted by Gasteiger charge is -2.28. The van der Waals surface area contributed by atoms with E-state index in [0.717, 1.165) is 25.9 Å². The predicted octanol–water partition coefficient (Wildman–Crippen LogP) is 3.07. The topological polar surface area (TPSA) is 41.1 Å². The lowest BCUT2D eigenvalue weighted by molar-refractivity contribution is -0.122. The molecule has 1 aromatic carbocycles. The third-order valence-corrected chi connectivity index (χ3v) is 4.41. The summed E-state index contributed by atoms with van der Waals surface area (Å²) < 4.78 is 26.9. The van der Waals surface area contributed by atoms with Crippen molar-refractivity contribution in [3.8, 4) is 0 Å². The SMILES string of the molecule is CC(CC(=O)NCCc1c(F)cccc1F)C1CCCNC1.Cl. The highest BCUT2D eigenvalue weighted by molar-refractivity contribution is 5.85. The second-order valence-corrected chi connectivity index (χ2v) is 6.09. The third kappa shape index (κ3) is 6.07. The average molecular weight is 347 g/mol. The fraction of sp³-hybridized carbons (Fsp3) is 0.588. The van der Waals surface area contributed by atoms with E-state index in [-0.39, 0.29) is 36.8 Å². The van der Waals surface area contributed by atoms with Crippen LogP contribution in [0.5, 0.6) is 0 Å². The van der Waals surface area contributed by atoms with Crippen molar-refractivity contribution in [1.82, 2.24) is 10.6 Å². The van der Waals surface area contributed by atoms with Crippen molar-refractivity contribution in [1.29, 1.82) is 0 Å². The van der Waals surface area contributed by atoms with Crippen molar-refractivity contribution in [2.75, 3.05) is 19.6 Å². The van der Waals surface area contributed by atoms with Crippen molar-refractivity contribution < 1.29 is 13.6 Å². The number of carbonyl (C=O) groups is 1. The molecule has 2 atom stereocenters. The van der Waals surface area contributed by atoms with Gasteiger partial charge in [-0.2, -0.15) is 0 Å². The van der Waals surface area contributed by atoms with Crippen LogP contribution in [-0.2, 0) is 11.2 Å². The second kappa shape index (κ2) is 9.83. The third-order valence-electron chi connectivity index (χ3n) is 4.41. The molecule has 0 aromatic heterocycles. The number of benzene rings is 1. The molecular formula is C17H25ClF2N2O. The van der Waals surface area contributed by atoms with Crippen LogP contribution in [0, 0.1) is 23.5 Å². The highest BCUT2D eigenvalue weighted by Gasteiger charge is 2.21. The summed E-state index contributed by atoms with van der Waals surface area (Å²) in [5, 5.41) is 6.11. The van der Waals surface area contributed by atoms with E-state index in [4.69, 9.17) is 0 Å². The van der Waals surface area contributed by atoms with Crippen molar-refractivity contribution in [3.63, 3.8) is 0 Å². The molecule has 1 fully saturated rings. The molecule has 3 nitrogen and oxygen atoms in total. The van der Waals surface area contributed by atoms with E-state index in [0.29, 0.717) is 18.3 Å². The summed E-state index contributed by atoms with van der Waals surface area (Å²) in [7, 11) is 0. The number of piperidine rings is 1. The Kier molecular flexibility index (Phi) is 8.48. The summed E-state index contributed by atoms with van der Waals surface area (Å²) in [5.41, 5.74) is 0.0346. The second-order valence-electron chi connectivity index (χ2n) is 6.09. The van der Waals surface area contributed by atoms with Gasteiger partial charge >= 0.3 is 0 Å². The molecule has 0 saturated carbocycles. The lowest BCUT2D eigenvalue weighted by Crippen LogP contribution is -2.36. The molecule has 0 radical (unpaired) electrons. The van der Waals surface area contributed by atoms with E-state index in [1.165, 1.54) is 18.2 Å². The standard InChI is InChI=1S/C17H24F2N2O.ClH/c1-12(13-4-3-8-20-11-13)10-17(22)21-9-7-14-15(18)5-2-6-16(14)19;/h2,5-6,12-13,20H,3-4,7-11H2,1H3,(H,21,22);1H. The number of nitrogens with one attached hydrogen (secondary N) is 2. The summed E-state index contributed by atoms with van der Waals surface area (Å²) in [6.45, 7) is 4.37. The first-order chi connectivity index (χ1) is 10.6. The maximum atomic E-state index is 13.5. The van der Waals surface area contributed by atoms with Crippen LogP contribution in [0.2, 0.25) is 0 Å². The predicted molar refractivity (Wildman–Crippen MR) is 89.7 cm³/mol. The number of halogens is 3. The van der Waals surface area contributed by atoms with Crippen LogP contribution in [0.1, 0.15) is 31.7 Å². The van der Waals surface area contributed by atoms with E-state index in [1.54, 1.807) is 0 Å². The molecule has 2 unspecified atom stereocenters. The van der Waals surface area contributed by atoms with Crippen LogP contribution in [0.3, 0.4) is 0 Å². The number of hydrogen-bond donors (Lipinski definition) is 2. The minimum absolute atomic E-state index is 0. The quantitative estimate of drug-likeness (QED) is 0.831. The van der Waals surface area contributed by atoms with Gasteiger partial charge < -0.3 is 10.6 Å². The molecule has 1 aliphatic heterocycles. The summed E-state index contributed by atoms with van der Waals surface area (Å²) in [6.07, 6.45) is 2.95. The van der Waals surface area contributed by atoms with E-state index < -0.39 is 11.6 Å². The van der Waals surface area contributed by atoms with Crippen LogP contribution in [-0.4, -0.2) is 25.5 Å². The minimum atomic E-state index is -0.559. The molecule has 23 heavy (non-hydrogen) atoms. The zero-order valence-electron chi connectivity index (χ0n) is 13.4. The van der Waals surface area contributed by atoms with E-state index in [9.17, 15) is 13.6 Å². The molecular weight excluding hydrogens is 322 g/mol. The van der Waals surface area contributed by atoms with Crippen LogP contribution < -0.4 is 10.6 Å². The van der Waals surface area contributed by atoms with Crippen LogP contribution in [0.4, 0.5) is 8.78 Å². The van der Waals surface area contributed by atoms with Gasteiger partial charge in [-0.05, 0) is 56.3 Å². The molecule has 0 bridgehead atoms. The Balaban J connectivity index is 0.00000264. The largest absolute Gasteiger partial charge is 0.356 e. The first kappa shape index (κ1) is 19.8. The molecule has 6 heteroatoms. The molecule has 1 saturated heterocycles. The fourth-order valence-corrected chi connectivity index (χ4v) is 2.99. The molecule has 2 N–H and O–H groups in total. The van der Waals surface area contributed by atoms with Crippen molar-refractivity contribution in [3.05, 3.63) is 35.4 Å². The molecule has 2 rings (SSSR count). The Morgan fingerprint density at radius 3 is 2.70 bits per heavy atom. The Bertz CT molecular complexity index is 487. The monoisotopic (exact) mass is 346 g/mol. The van der Waals surface area contributed by atoms with Gasteiger partial charge in [-0.25, -0.2) is 8.78 Å². The Morgan fingerprint density at radius 2 is 2.09 bits per heavy atom. The molecule has 1 aliphatic rings. The zero-order valence-corrected chi connectivity index (χ0v) is 14.2. The van der Waals surface area contributed by atoms with Crippen LogP contribution in [0.25, 0.3) is 0 Å². The molecule has 1 amide bonds. The molecule has 1 aromatic rings. The molecule has 130 valence electrons. The van der Waals surface area contributed by atoms with Gasteiger partial charge in [0.05, 0.1) is 0 Å². The smallest absolute Gasteiger partial charge is 0.220 e. The van der Waals surface area contributed by atoms with Gasteiger partial charge in [-0.15, -0.1) is 12.4 Å². The van der Waals surface area contributed by atoms with Gasteiger partial charge in [0.25, 0.3) is 0 Å². The van der Waals surface area contributed by atoms with Crippen molar-refractivity contribution >= 4 is 18.3 Å². The summed E-state index contributed by atoms with van der Waals surface area (Å²) in [5.74, 6) is -0.317. The van der Waals surface area contributed by atoms with Gasteiger partial charge in [-0.1, -0.05) is 13.0 Å². The summed E-state index contributed by atoms with van der Waals surface area (Å²) >= 11 is 0. The highest BCUT2D eigenvalue weighted by Crippen LogP contribution is 2.22. The van der Waals surface area contributed by atoms with Gasteiger partial charge in [0.1, 0.15) is 11.6 Å². The van der Waals surface area contributed by atoms with Gasteiger partial charge in [0.15, 0.2) is 0 Å². The zero-order chi connectivity index (χ0) is 15.9. The Labute approximate surface area is 142 Å². The molecule has 0 aliphatic carbocycles. The summed E-state index contributed by atoms with van der Waals surface area (Å²) in [4.78, 5) is 11.9. The first-order valence-corrected chi connectivity index (χ1v) is 7.98. The maximum Gasteiger partial charge on any atom is 0.220 e. The number of carbonyl (C=O) groups excluding carboxylic acids is 1. The van der Waals surface area contributed by atoms with Crippen LogP contribution in [0.15, 0.2) is 18.2 Å². The van der Waals surface area contributed by atoms with Gasteiger partial charge in [0.2, 0.25) is 5.91 Å². The first-order valence-electron chi connectivity index (χ1n) is 7.98. The Morgan fingerprint density at radius 1 is 1.39 bits per heavy atom. The number of amides is 1.